The molecule has 0 spiro atoms. The Morgan fingerprint density at radius 1 is 1.06 bits per heavy atom. The Morgan fingerprint density at radius 3 is 2.47 bits per heavy atom. The maximum Gasteiger partial charge on any atom is 0.271 e. The third-order valence-electron chi connectivity index (χ3n) is 5.61. The van der Waals surface area contributed by atoms with E-state index in [0.717, 1.165) is 39.8 Å². The van der Waals surface area contributed by atoms with Gasteiger partial charge in [-0.15, -0.1) is 0 Å². The normalized spacial score (nSPS) is 15.6. The first-order chi connectivity index (χ1) is 17.4. The lowest BCUT2D eigenvalue weighted by molar-refractivity contribution is -0.307. The van der Waals surface area contributed by atoms with Gasteiger partial charge in [-0.25, -0.2) is 4.99 Å². The fourth-order valence-corrected chi connectivity index (χ4v) is 5.21. The number of carbonyl (C=O) groups is 2. The average Bonchev–Trinajstić information content (AvgIpc) is 3.17. The topological polar surface area (TPSA) is 82.0 Å². The van der Waals surface area contributed by atoms with Gasteiger partial charge in [0, 0.05) is 10.0 Å². The summed E-state index contributed by atoms with van der Waals surface area (Å²) in [6, 6.07) is 20.9. The molecule has 1 fully saturated rings. The summed E-state index contributed by atoms with van der Waals surface area (Å²) in [5.41, 5.74) is 4.29. The molecule has 0 bridgehead atoms. The zero-order valence-electron chi connectivity index (χ0n) is 19.9. The number of carboxylic acids is 1. The van der Waals surface area contributed by atoms with Crippen molar-refractivity contribution in [1.82, 2.24) is 0 Å². The van der Waals surface area contributed by atoms with E-state index < -0.39 is 12.6 Å². The van der Waals surface area contributed by atoms with E-state index in [1.54, 1.807) is 29.2 Å². The molecule has 3 aromatic rings. The van der Waals surface area contributed by atoms with Crippen LogP contribution >= 0.6 is 27.7 Å². The number of halogens is 1. The second kappa shape index (κ2) is 11.6. The van der Waals surface area contributed by atoms with Gasteiger partial charge in [0.15, 0.2) is 5.17 Å². The molecule has 0 radical (unpaired) electrons. The summed E-state index contributed by atoms with van der Waals surface area (Å²) in [5, 5.41) is 11.5. The lowest BCUT2D eigenvalue weighted by atomic mass is 10.1. The van der Waals surface area contributed by atoms with Crippen LogP contribution in [0.2, 0.25) is 0 Å². The minimum Gasteiger partial charge on any atom is -0.546 e. The smallest absolute Gasteiger partial charge is 0.271 e. The van der Waals surface area contributed by atoms with E-state index in [1.807, 2.05) is 48.5 Å². The molecule has 8 heteroatoms. The van der Waals surface area contributed by atoms with Crippen molar-refractivity contribution in [2.75, 3.05) is 11.5 Å². The lowest BCUT2D eigenvalue weighted by Crippen LogP contribution is -2.29. The van der Waals surface area contributed by atoms with Crippen LogP contribution in [-0.4, -0.2) is 23.7 Å². The highest BCUT2D eigenvalue weighted by Gasteiger charge is 2.36. The van der Waals surface area contributed by atoms with Gasteiger partial charge in [-0.3, -0.25) is 9.69 Å². The molecule has 0 aromatic heterocycles. The van der Waals surface area contributed by atoms with Gasteiger partial charge < -0.3 is 14.6 Å². The Kier molecular flexibility index (Phi) is 8.28. The third kappa shape index (κ3) is 5.71. The van der Waals surface area contributed by atoms with Gasteiger partial charge >= 0.3 is 0 Å². The number of hydrogen-bond donors (Lipinski definition) is 0. The molecule has 0 unspecified atom stereocenters. The second-order valence-electron chi connectivity index (χ2n) is 7.95. The molecule has 1 amide bonds. The quantitative estimate of drug-likeness (QED) is 0.337. The van der Waals surface area contributed by atoms with E-state index in [2.05, 4.69) is 29.8 Å². The number of benzene rings is 3. The Bertz CT molecular complexity index is 1370. The molecule has 36 heavy (non-hydrogen) atoms. The standard InChI is InChI=1S/C28H25BrN2O4S/c1-3-18-9-5-7-11-22(18)30-28-31(23-12-8-6-10-19(23)4-2)27(34)25(36-28)16-20-15-21(29)13-14-24(20)35-17-26(32)33/h5-16H,3-4,17H2,1-2H3,(H,32,33)/p-1. The first-order valence-electron chi connectivity index (χ1n) is 11.5. The SMILES string of the molecule is CCc1ccccc1N=C1SC(=Cc2cc(Br)ccc2OCC(=O)[O-])C(=O)N1c1ccccc1CC. The summed E-state index contributed by atoms with van der Waals surface area (Å²) in [5.74, 6) is -1.20. The highest BCUT2D eigenvalue weighted by molar-refractivity contribution is 9.10. The molecule has 4 rings (SSSR count). The molecule has 1 heterocycles. The molecule has 1 aliphatic rings. The van der Waals surface area contributed by atoms with Crippen molar-refractivity contribution in [2.45, 2.75) is 26.7 Å². The Labute approximate surface area is 222 Å². The minimum absolute atomic E-state index is 0.209. The molecule has 0 saturated carbocycles. The van der Waals surface area contributed by atoms with Crippen molar-refractivity contribution >= 4 is 62.2 Å². The van der Waals surface area contributed by atoms with Gasteiger partial charge in [0.1, 0.15) is 12.4 Å². The van der Waals surface area contributed by atoms with Crippen LogP contribution < -0.4 is 14.7 Å². The number of amidine groups is 1. The summed E-state index contributed by atoms with van der Waals surface area (Å²) in [4.78, 5) is 31.8. The first-order valence-corrected chi connectivity index (χ1v) is 13.1. The maximum atomic E-state index is 13.8. The molecule has 6 nitrogen and oxygen atoms in total. The number of ether oxygens (including phenoxy) is 1. The van der Waals surface area contributed by atoms with E-state index in [0.29, 0.717) is 21.4 Å². The summed E-state index contributed by atoms with van der Waals surface area (Å²) >= 11 is 4.72. The van der Waals surface area contributed by atoms with Gasteiger partial charge in [0.2, 0.25) is 0 Å². The predicted molar refractivity (Wildman–Crippen MR) is 146 cm³/mol. The monoisotopic (exact) mass is 563 g/mol. The van der Waals surface area contributed by atoms with Crippen LogP contribution in [0.3, 0.4) is 0 Å². The van der Waals surface area contributed by atoms with Crippen molar-refractivity contribution in [3.8, 4) is 5.75 Å². The van der Waals surface area contributed by atoms with Gasteiger partial charge in [0.25, 0.3) is 5.91 Å². The number of amides is 1. The maximum absolute atomic E-state index is 13.8. The molecule has 1 aliphatic heterocycles. The second-order valence-corrected chi connectivity index (χ2v) is 9.88. The number of thioether (sulfide) groups is 1. The van der Waals surface area contributed by atoms with Crippen LogP contribution in [0.1, 0.15) is 30.5 Å². The number of nitrogens with zero attached hydrogens (tertiary/aromatic N) is 2. The van der Waals surface area contributed by atoms with Gasteiger partial charge in [-0.2, -0.15) is 0 Å². The number of carbonyl (C=O) groups excluding carboxylic acids is 2. The number of hydrogen-bond acceptors (Lipinski definition) is 6. The highest BCUT2D eigenvalue weighted by Crippen LogP contribution is 2.40. The minimum atomic E-state index is -1.32. The summed E-state index contributed by atoms with van der Waals surface area (Å²) in [6.07, 6.45) is 3.28. The summed E-state index contributed by atoms with van der Waals surface area (Å²) < 4.78 is 6.18. The molecule has 184 valence electrons. The van der Waals surface area contributed by atoms with Crippen LogP contribution in [0.5, 0.6) is 5.75 Å². The van der Waals surface area contributed by atoms with E-state index in [-0.39, 0.29) is 5.91 Å². The summed E-state index contributed by atoms with van der Waals surface area (Å²) in [6.45, 7) is 3.53. The van der Waals surface area contributed by atoms with Crippen LogP contribution in [0, 0.1) is 0 Å². The van der Waals surface area contributed by atoms with E-state index in [9.17, 15) is 14.7 Å². The zero-order chi connectivity index (χ0) is 25.7. The highest BCUT2D eigenvalue weighted by atomic mass is 79.9. The van der Waals surface area contributed by atoms with Crippen molar-refractivity contribution in [3.63, 3.8) is 0 Å². The van der Waals surface area contributed by atoms with Crippen molar-refractivity contribution in [1.29, 1.82) is 0 Å². The largest absolute Gasteiger partial charge is 0.546 e. The van der Waals surface area contributed by atoms with E-state index in [1.165, 1.54) is 11.8 Å². The van der Waals surface area contributed by atoms with Crippen molar-refractivity contribution in [3.05, 3.63) is 92.8 Å². The van der Waals surface area contributed by atoms with Crippen molar-refractivity contribution < 1.29 is 19.4 Å². The molecule has 0 aliphatic carbocycles. The van der Waals surface area contributed by atoms with Crippen LogP contribution in [0.15, 0.2) is 81.1 Å². The molecule has 1 saturated heterocycles. The predicted octanol–water partition coefficient (Wildman–Crippen LogP) is 5.51. The van der Waals surface area contributed by atoms with Crippen LogP contribution in [0.25, 0.3) is 6.08 Å². The lowest BCUT2D eigenvalue weighted by Gasteiger charge is -2.19. The van der Waals surface area contributed by atoms with E-state index in [4.69, 9.17) is 9.73 Å². The number of aryl methyl sites for hydroxylation is 2. The molecule has 0 atom stereocenters. The average molecular weight is 564 g/mol. The van der Waals surface area contributed by atoms with Gasteiger partial charge in [-0.05, 0) is 72.1 Å². The Hall–Kier alpha value is -3.36. The zero-order valence-corrected chi connectivity index (χ0v) is 22.3. The molecule has 0 N–H and O–H groups in total. The number of aliphatic imine (C=N–C) groups is 1. The number of carboxylic acid groups (broad SMARTS) is 1. The Balaban J connectivity index is 1.83. The number of aliphatic carboxylic acids is 1. The third-order valence-corrected chi connectivity index (χ3v) is 7.07. The molecule has 3 aromatic carbocycles. The fourth-order valence-electron chi connectivity index (χ4n) is 3.85. The van der Waals surface area contributed by atoms with Gasteiger partial charge in [0.05, 0.1) is 22.2 Å². The fraction of sp³-hybridized carbons (Fsp3) is 0.179. The first kappa shape index (κ1) is 25.7. The van der Waals surface area contributed by atoms with Gasteiger partial charge in [-0.1, -0.05) is 66.2 Å². The van der Waals surface area contributed by atoms with Crippen LogP contribution in [-0.2, 0) is 22.4 Å². The number of rotatable bonds is 8. The molecular formula is C28H24BrN2O4S-. The van der Waals surface area contributed by atoms with Crippen LogP contribution in [0.4, 0.5) is 11.4 Å². The molecular weight excluding hydrogens is 540 g/mol. The van der Waals surface area contributed by atoms with E-state index >= 15 is 0 Å². The Morgan fingerprint density at radius 2 is 1.75 bits per heavy atom. The summed E-state index contributed by atoms with van der Waals surface area (Å²) in [7, 11) is 0. The van der Waals surface area contributed by atoms with Crippen molar-refractivity contribution in [2.24, 2.45) is 4.99 Å². The number of anilines is 1. The number of para-hydroxylation sites is 2.